The van der Waals surface area contributed by atoms with Gasteiger partial charge < -0.3 is 20.3 Å². The van der Waals surface area contributed by atoms with Gasteiger partial charge in [0.25, 0.3) is 0 Å². The number of hydrogen-bond acceptors (Lipinski definition) is 5. The van der Waals surface area contributed by atoms with Crippen molar-refractivity contribution in [3.05, 3.63) is 89.2 Å². The number of ether oxygens (including phenoxy) is 1. The number of carbonyl (C=O) groups is 1. The van der Waals surface area contributed by atoms with Crippen LogP contribution in [-0.4, -0.2) is 40.5 Å². The Kier molecular flexibility index (Phi) is 6.43. The molecule has 2 unspecified atom stereocenters. The van der Waals surface area contributed by atoms with Gasteiger partial charge in [-0.05, 0) is 34.7 Å². The number of aliphatic hydroxyl groups excluding tert-OH is 2. The molecular weight excluding hydrogens is 418 g/mol. The second-order valence-electron chi connectivity index (χ2n) is 7.59. The van der Waals surface area contributed by atoms with Gasteiger partial charge in [-0.25, -0.2) is 14.2 Å². The van der Waals surface area contributed by atoms with Crippen molar-refractivity contribution < 1.29 is 28.5 Å². The largest absolute Gasteiger partial charge is 0.449 e. The van der Waals surface area contributed by atoms with Crippen molar-refractivity contribution in [3.8, 4) is 11.1 Å². The fourth-order valence-corrected chi connectivity index (χ4v) is 3.95. The maximum atomic E-state index is 13.3. The SMILES string of the molecule is O=C(NCCC(O)C(O)c1cnc(F)c(F)c1)OCC1c2ccccc2-c2ccccc21. The summed E-state index contributed by atoms with van der Waals surface area (Å²) in [6, 6.07) is 16.8. The molecule has 0 spiro atoms. The number of carbonyl (C=O) groups excluding carboxylic acids is 1. The summed E-state index contributed by atoms with van der Waals surface area (Å²) in [7, 11) is 0. The molecule has 2 aromatic carbocycles. The molecule has 0 radical (unpaired) electrons. The molecule has 0 aliphatic heterocycles. The van der Waals surface area contributed by atoms with Crippen molar-refractivity contribution in [3.63, 3.8) is 0 Å². The van der Waals surface area contributed by atoms with E-state index in [1.165, 1.54) is 0 Å². The van der Waals surface area contributed by atoms with E-state index in [9.17, 15) is 23.8 Å². The first-order chi connectivity index (χ1) is 15.5. The predicted molar refractivity (Wildman–Crippen MR) is 113 cm³/mol. The molecule has 8 heteroatoms. The van der Waals surface area contributed by atoms with Gasteiger partial charge in [-0.3, -0.25) is 0 Å². The maximum absolute atomic E-state index is 13.3. The second kappa shape index (κ2) is 9.42. The minimum absolute atomic E-state index is 0.0198. The molecule has 0 saturated carbocycles. The zero-order valence-corrected chi connectivity index (χ0v) is 17.0. The molecular formula is C24H22F2N2O4. The fraction of sp³-hybridized carbons (Fsp3) is 0.250. The van der Waals surface area contributed by atoms with Gasteiger partial charge in [-0.15, -0.1) is 0 Å². The normalized spacial score (nSPS) is 14.4. The molecule has 0 bridgehead atoms. The number of alkyl carbamates (subject to hydrolysis) is 1. The summed E-state index contributed by atoms with van der Waals surface area (Å²) in [5.41, 5.74) is 4.39. The van der Waals surface area contributed by atoms with E-state index in [1.54, 1.807) is 0 Å². The van der Waals surface area contributed by atoms with E-state index >= 15 is 0 Å². The van der Waals surface area contributed by atoms with Gasteiger partial charge in [-0.1, -0.05) is 48.5 Å². The number of fused-ring (bicyclic) bond motifs is 3. The van der Waals surface area contributed by atoms with Gasteiger partial charge in [0.05, 0.1) is 6.10 Å². The Bertz CT molecular complexity index is 1080. The van der Waals surface area contributed by atoms with E-state index in [0.717, 1.165) is 34.5 Å². The topological polar surface area (TPSA) is 91.7 Å². The third-order valence-corrected chi connectivity index (χ3v) is 5.58. The average molecular weight is 440 g/mol. The van der Waals surface area contributed by atoms with Gasteiger partial charge in [-0.2, -0.15) is 4.39 Å². The van der Waals surface area contributed by atoms with Crippen LogP contribution in [0.5, 0.6) is 0 Å². The lowest BCUT2D eigenvalue weighted by Crippen LogP contribution is -2.30. The van der Waals surface area contributed by atoms with E-state index in [1.807, 2.05) is 48.5 Å². The Hall–Kier alpha value is -3.36. The number of halogens is 2. The molecule has 32 heavy (non-hydrogen) atoms. The number of aromatic nitrogens is 1. The average Bonchev–Trinajstić information content (AvgIpc) is 3.12. The minimum atomic E-state index is -1.47. The van der Waals surface area contributed by atoms with Crippen LogP contribution in [-0.2, 0) is 4.74 Å². The van der Waals surface area contributed by atoms with Crippen molar-refractivity contribution >= 4 is 6.09 Å². The predicted octanol–water partition coefficient (Wildman–Crippen LogP) is 3.68. The molecule has 4 rings (SSSR count). The van der Waals surface area contributed by atoms with Gasteiger partial charge in [0.2, 0.25) is 5.95 Å². The van der Waals surface area contributed by atoms with Crippen LogP contribution < -0.4 is 5.32 Å². The molecule has 6 nitrogen and oxygen atoms in total. The Balaban J connectivity index is 1.28. The monoisotopic (exact) mass is 440 g/mol. The Morgan fingerprint density at radius 3 is 2.31 bits per heavy atom. The first kappa shape index (κ1) is 21.9. The molecule has 1 amide bonds. The second-order valence-corrected chi connectivity index (χ2v) is 7.59. The van der Waals surface area contributed by atoms with E-state index in [0.29, 0.717) is 0 Å². The van der Waals surface area contributed by atoms with Crippen LogP contribution in [0.3, 0.4) is 0 Å². The lowest BCUT2D eigenvalue weighted by molar-refractivity contribution is 0.0132. The zero-order valence-electron chi connectivity index (χ0n) is 17.0. The lowest BCUT2D eigenvalue weighted by Gasteiger charge is -2.18. The molecule has 3 N–H and O–H groups in total. The molecule has 1 aromatic heterocycles. The van der Waals surface area contributed by atoms with Crippen molar-refractivity contribution in [1.82, 2.24) is 10.3 Å². The quantitative estimate of drug-likeness (QED) is 0.488. The first-order valence-electron chi connectivity index (χ1n) is 10.2. The number of pyridine rings is 1. The highest BCUT2D eigenvalue weighted by Gasteiger charge is 2.29. The van der Waals surface area contributed by atoms with Crippen LogP contribution in [0.2, 0.25) is 0 Å². The van der Waals surface area contributed by atoms with E-state index < -0.39 is 30.1 Å². The summed E-state index contributed by atoms with van der Waals surface area (Å²) in [6.45, 7) is 0.178. The van der Waals surface area contributed by atoms with E-state index in [2.05, 4.69) is 10.3 Å². The van der Waals surface area contributed by atoms with Crippen LogP contribution in [0.15, 0.2) is 60.8 Å². The first-order valence-corrected chi connectivity index (χ1v) is 10.2. The maximum Gasteiger partial charge on any atom is 0.407 e. The number of hydrogen-bond donors (Lipinski definition) is 3. The van der Waals surface area contributed by atoms with Crippen LogP contribution in [0.1, 0.15) is 35.1 Å². The van der Waals surface area contributed by atoms with Crippen molar-refractivity contribution in [2.75, 3.05) is 13.2 Å². The summed E-state index contributed by atoms with van der Waals surface area (Å²) >= 11 is 0. The van der Waals surface area contributed by atoms with Crippen molar-refractivity contribution in [2.45, 2.75) is 24.5 Å². The highest BCUT2D eigenvalue weighted by atomic mass is 19.2. The molecule has 0 saturated heterocycles. The van der Waals surface area contributed by atoms with Crippen LogP contribution in [0.4, 0.5) is 13.6 Å². The van der Waals surface area contributed by atoms with Gasteiger partial charge in [0.15, 0.2) is 5.82 Å². The number of aliphatic hydroxyl groups is 2. The van der Waals surface area contributed by atoms with Gasteiger partial charge in [0.1, 0.15) is 12.7 Å². The smallest absolute Gasteiger partial charge is 0.407 e. The summed E-state index contributed by atoms with van der Waals surface area (Å²) < 4.78 is 31.6. The Labute approximate surface area is 183 Å². The summed E-state index contributed by atoms with van der Waals surface area (Å²) in [5.74, 6) is -2.57. The number of rotatable bonds is 7. The summed E-state index contributed by atoms with van der Waals surface area (Å²) in [4.78, 5) is 15.3. The molecule has 166 valence electrons. The molecule has 1 heterocycles. The summed E-state index contributed by atoms with van der Waals surface area (Å²) in [5, 5.41) is 22.7. The zero-order chi connectivity index (χ0) is 22.7. The fourth-order valence-electron chi connectivity index (χ4n) is 3.95. The van der Waals surface area contributed by atoms with Crippen LogP contribution >= 0.6 is 0 Å². The third kappa shape index (κ3) is 4.46. The number of nitrogens with zero attached hydrogens (tertiary/aromatic N) is 1. The van der Waals surface area contributed by atoms with E-state index in [4.69, 9.17) is 4.74 Å². The standard InChI is InChI=1S/C24H22F2N2O4/c25-20-11-14(12-28-23(20)26)22(30)21(29)9-10-27-24(31)32-13-19-17-7-3-1-5-15(17)16-6-2-4-8-18(16)19/h1-8,11-12,19,21-22,29-30H,9-10,13H2,(H,27,31). The molecule has 0 fully saturated rings. The molecule has 3 aromatic rings. The van der Waals surface area contributed by atoms with Gasteiger partial charge >= 0.3 is 6.09 Å². The Morgan fingerprint density at radius 1 is 1.06 bits per heavy atom. The third-order valence-electron chi connectivity index (χ3n) is 5.58. The number of benzene rings is 2. The highest BCUT2D eigenvalue weighted by molar-refractivity contribution is 5.79. The van der Waals surface area contributed by atoms with Crippen LogP contribution in [0.25, 0.3) is 11.1 Å². The number of nitrogens with one attached hydrogen (secondary N) is 1. The van der Waals surface area contributed by atoms with Gasteiger partial charge in [0, 0.05) is 24.2 Å². The molecule has 1 aliphatic rings. The summed E-state index contributed by atoms with van der Waals surface area (Å²) in [6.07, 6.45) is -2.50. The van der Waals surface area contributed by atoms with Crippen LogP contribution in [0, 0.1) is 11.8 Å². The lowest BCUT2D eigenvalue weighted by atomic mass is 9.98. The van der Waals surface area contributed by atoms with Crippen molar-refractivity contribution in [2.24, 2.45) is 0 Å². The van der Waals surface area contributed by atoms with E-state index in [-0.39, 0.29) is 31.1 Å². The Morgan fingerprint density at radius 2 is 1.69 bits per heavy atom. The highest BCUT2D eigenvalue weighted by Crippen LogP contribution is 2.44. The minimum Gasteiger partial charge on any atom is -0.449 e. The molecule has 2 atom stereocenters. The van der Waals surface area contributed by atoms with Crippen molar-refractivity contribution in [1.29, 1.82) is 0 Å². The molecule has 1 aliphatic carbocycles. The number of amides is 1.